The first-order valence-corrected chi connectivity index (χ1v) is 5.64. The molecule has 1 N–H and O–H groups in total. The smallest absolute Gasteiger partial charge is 0.258 e. The summed E-state index contributed by atoms with van der Waals surface area (Å²) in [6.07, 6.45) is 1.49. The van der Waals surface area contributed by atoms with Gasteiger partial charge in [-0.05, 0) is 36.8 Å². The molecular formula is C13H10ClFN2O. The zero-order valence-electron chi connectivity index (χ0n) is 9.58. The maximum Gasteiger partial charge on any atom is 0.258 e. The first kappa shape index (κ1) is 12.5. The van der Waals surface area contributed by atoms with Gasteiger partial charge in [-0.25, -0.2) is 9.37 Å². The number of carbonyl (C=O) groups excluding carboxylic acids is 1. The number of rotatable bonds is 2. The molecule has 0 radical (unpaired) electrons. The normalized spacial score (nSPS) is 10.2. The Hall–Kier alpha value is -1.94. The molecule has 92 valence electrons. The third-order valence-corrected chi connectivity index (χ3v) is 2.75. The molecule has 0 fully saturated rings. The van der Waals surface area contributed by atoms with Gasteiger partial charge in [0.05, 0.1) is 5.56 Å². The molecule has 0 bridgehead atoms. The number of amides is 1. The number of nitrogens with one attached hydrogen (secondary N) is 1. The molecule has 3 nitrogen and oxygen atoms in total. The molecule has 0 atom stereocenters. The Morgan fingerprint density at radius 3 is 2.89 bits per heavy atom. The Bertz CT molecular complexity index is 601. The fourth-order valence-corrected chi connectivity index (χ4v) is 1.68. The Labute approximate surface area is 109 Å². The van der Waals surface area contributed by atoms with Crippen LogP contribution in [0.3, 0.4) is 0 Å². The molecule has 1 heterocycles. The van der Waals surface area contributed by atoms with E-state index in [1.165, 1.54) is 18.3 Å². The molecule has 5 heteroatoms. The highest BCUT2D eigenvalue weighted by molar-refractivity contribution is 6.33. The highest BCUT2D eigenvalue weighted by atomic mass is 35.5. The van der Waals surface area contributed by atoms with Crippen LogP contribution >= 0.6 is 11.6 Å². The molecule has 1 aromatic carbocycles. The van der Waals surface area contributed by atoms with Gasteiger partial charge in [0.25, 0.3) is 5.91 Å². The molecule has 18 heavy (non-hydrogen) atoms. The average Bonchev–Trinajstić information content (AvgIpc) is 2.34. The van der Waals surface area contributed by atoms with E-state index in [4.69, 9.17) is 11.6 Å². The molecule has 0 unspecified atom stereocenters. The summed E-state index contributed by atoms with van der Waals surface area (Å²) in [6.45, 7) is 1.78. The summed E-state index contributed by atoms with van der Waals surface area (Å²) in [7, 11) is 0. The van der Waals surface area contributed by atoms with E-state index < -0.39 is 11.7 Å². The Kier molecular flexibility index (Phi) is 3.58. The van der Waals surface area contributed by atoms with E-state index in [0.717, 1.165) is 5.56 Å². The third-order valence-electron chi connectivity index (χ3n) is 2.45. The van der Waals surface area contributed by atoms with E-state index in [1.807, 2.05) is 0 Å². The summed E-state index contributed by atoms with van der Waals surface area (Å²) in [6, 6.07) is 7.36. The minimum Gasteiger partial charge on any atom is -0.322 e. The van der Waals surface area contributed by atoms with Gasteiger partial charge < -0.3 is 5.32 Å². The number of anilines is 1. The molecule has 1 aromatic heterocycles. The molecule has 2 rings (SSSR count). The summed E-state index contributed by atoms with van der Waals surface area (Å²) in [5, 5.41) is 2.72. The van der Waals surface area contributed by atoms with Crippen molar-refractivity contribution >= 4 is 23.2 Å². The van der Waals surface area contributed by atoms with Gasteiger partial charge in [-0.15, -0.1) is 0 Å². The van der Waals surface area contributed by atoms with Crippen LogP contribution in [0.4, 0.5) is 10.1 Å². The van der Waals surface area contributed by atoms with Crippen molar-refractivity contribution in [2.75, 3.05) is 5.32 Å². The van der Waals surface area contributed by atoms with Crippen molar-refractivity contribution in [1.82, 2.24) is 4.98 Å². The quantitative estimate of drug-likeness (QED) is 0.845. The second-order valence-electron chi connectivity index (χ2n) is 3.76. The summed E-state index contributed by atoms with van der Waals surface area (Å²) in [4.78, 5) is 15.8. The molecule has 0 saturated heterocycles. The van der Waals surface area contributed by atoms with Crippen LogP contribution in [-0.2, 0) is 0 Å². The number of halogens is 2. The minimum atomic E-state index is -0.415. The summed E-state index contributed by atoms with van der Waals surface area (Å²) >= 11 is 5.81. The van der Waals surface area contributed by atoms with Crippen molar-refractivity contribution < 1.29 is 9.18 Å². The lowest BCUT2D eigenvalue weighted by Gasteiger charge is -2.08. The van der Waals surface area contributed by atoms with Crippen molar-refractivity contribution in [2.24, 2.45) is 0 Å². The van der Waals surface area contributed by atoms with Crippen LogP contribution in [0.5, 0.6) is 0 Å². The molecule has 0 aliphatic heterocycles. The number of aromatic nitrogens is 1. The van der Waals surface area contributed by atoms with Crippen molar-refractivity contribution in [3.63, 3.8) is 0 Å². The van der Waals surface area contributed by atoms with Crippen LogP contribution in [0, 0.1) is 12.7 Å². The van der Waals surface area contributed by atoms with Crippen LogP contribution in [0.1, 0.15) is 15.9 Å². The van der Waals surface area contributed by atoms with E-state index in [-0.39, 0.29) is 10.7 Å². The maximum absolute atomic E-state index is 13.1. The lowest BCUT2D eigenvalue weighted by molar-refractivity contribution is 0.102. The van der Waals surface area contributed by atoms with Gasteiger partial charge in [0.1, 0.15) is 11.0 Å². The van der Waals surface area contributed by atoms with Crippen molar-refractivity contribution in [3.8, 4) is 0 Å². The first-order chi connectivity index (χ1) is 8.58. The van der Waals surface area contributed by atoms with E-state index in [1.54, 1.807) is 25.1 Å². The van der Waals surface area contributed by atoms with Gasteiger partial charge in [-0.2, -0.15) is 0 Å². The van der Waals surface area contributed by atoms with E-state index in [2.05, 4.69) is 10.3 Å². The fraction of sp³-hybridized carbons (Fsp3) is 0.0769. The van der Waals surface area contributed by atoms with Crippen LogP contribution in [0.25, 0.3) is 0 Å². The van der Waals surface area contributed by atoms with Crippen LogP contribution in [-0.4, -0.2) is 10.9 Å². The largest absolute Gasteiger partial charge is 0.322 e. The Morgan fingerprint density at radius 2 is 2.17 bits per heavy atom. The van der Waals surface area contributed by atoms with Gasteiger partial charge in [0.2, 0.25) is 0 Å². The average molecular weight is 265 g/mol. The molecule has 1 amide bonds. The second kappa shape index (κ2) is 5.14. The summed E-state index contributed by atoms with van der Waals surface area (Å²) < 4.78 is 13.1. The van der Waals surface area contributed by atoms with E-state index in [9.17, 15) is 9.18 Å². The van der Waals surface area contributed by atoms with Gasteiger partial charge in [-0.1, -0.05) is 17.7 Å². The first-order valence-electron chi connectivity index (χ1n) is 5.26. The van der Waals surface area contributed by atoms with Gasteiger partial charge in [0.15, 0.2) is 0 Å². The lowest BCUT2D eigenvalue weighted by atomic mass is 10.2. The molecule has 0 saturated carbocycles. The zero-order valence-corrected chi connectivity index (χ0v) is 10.3. The third kappa shape index (κ3) is 2.65. The summed E-state index contributed by atoms with van der Waals surface area (Å²) in [5.41, 5.74) is 1.44. The molecule has 0 aliphatic carbocycles. The number of nitrogens with zero attached hydrogens (tertiary/aromatic N) is 1. The number of carbonyl (C=O) groups is 1. The molecule has 2 aromatic rings. The van der Waals surface area contributed by atoms with Gasteiger partial charge in [0, 0.05) is 11.9 Å². The molecular weight excluding hydrogens is 255 g/mol. The highest BCUT2D eigenvalue weighted by Gasteiger charge is 2.12. The SMILES string of the molecule is Cc1ccc(F)cc1NC(=O)c1cccnc1Cl. The predicted octanol–water partition coefficient (Wildman–Crippen LogP) is 3.43. The number of hydrogen-bond donors (Lipinski definition) is 1. The number of pyridine rings is 1. The van der Waals surface area contributed by atoms with Gasteiger partial charge in [-0.3, -0.25) is 4.79 Å². The van der Waals surface area contributed by atoms with Crippen LogP contribution < -0.4 is 5.32 Å². The van der Waals surface area contributed by atoms with Crippen molar-refractivity contribution in [3.05, 3.63) is 58.6 Å². The number of hydrogen-bond acceptors (Lipinski definition) is 2. The highest BCUT2D eigenvalue weighted by Crippen LogP contribution is 2.19. The molecule has 0 spiro atoms. The van der Waals surface area contributed by atoms with E-state index in [0.29, 0.717) is 5.69 Å². The zero-order chi connectivity index (χ0) is 13.1. The van der Waals surface area contributed by atoms with Crippen LogP contribution in [0.15, 0.2) is 36.5 Å². The lowest BCUT2D eigenvalue weighted by Crippen LogP contribution is -2.13. The standard InChI is InChI=1S/C13H10ClFN2O/c1-8-4-5-9(15)7-11(8)17-13(18)10-3-2-6-16-12(10)14/h2-7H,1H3,(H,17,18). The minimum absolute atomic E-state index is 0.115. The second-order valence-corrected chi connectivity index (χ2v) is 4.11. The van der Waals surface area contributed by atoms with Crippen LogP contribution in [0.2, 0.25) is 5.15 Å². The number of benzene rings is 1. The Morgan fingerprint density at radius 1 is 1.39 bits per heavy atom. The fourth-order valence-electron chi connectivity index (χ4n) is 1.47. The molecule has 0 aliphatic rings. The van der Waals surface area contributed by atoms with Crippen molar-refractivity contribution in [1.29, 1.82) is 0 Å². The Balaban J connectivity index is 2.27. The topological polar surface area (TPSA) is 42.0 Å². The van der Waals surface area contributed by atoms with Crippen molar-refractivity contribution in [2.45, 2.75) is 6.92 Å². The monoisotopic (exact) mass is 264 g/mol. The number of aryl methyl sites for hydroxylation is 1. The maximum atomic E-state index is 13.1. The van der Waals surface area contributed by atoms with Gasteiger partial charge >= 0.3 is 0 Å². The van der Waals surface area contributed by atoms with E-state index >= 15 is 0 Å². The summed E-state index contributed by atoms with van der Waals surface area (Å²) in [5.74, 6) is -0.824. The predicted molar refractivity (Wildman–Crippen MR) is 68.3 cm³/mol.